The number of carbonyl (C=O) groups is 1. The fourth-order valence-corrected chi connectivity index (χ4v) is 4.22. The van der Waals surface area contributed by atoms with Crippen LogP contribution in [0.4, 0.5) is 0 Å². The molecule has 0 amide bonds. The van der Waals surface area contributed by atoms with Gasteiger partial charge < -0.3 is 4.98 Å². The van der Waals surface area contributed by atoms with Gasteiger partial charge in [0.25, 0.3) is 0 Å². The maximum Gasteiger partial charge on any atom is 0.205 e. The Hall–Kier alpha value is -1.65. The van der Waals surface area contributed by atoms with Crippen LogP contribution in [0.2, 0.25) is 5.02 Å². The summed E-state index contributed by atoms with van der Waals surface area (Å²) in [5.74, 6) is 0.0329. The van der Waals surface area contributed by atoms with Gasteiger partial charge in [0.1, 0.15) is 5.65 Å². The Kier molecular flexibility index (Phi) is 2.69. The monoisotopic (exact) mass is 302 g/mol. The highest BCUT2D eigenvalue weighted by atomic mass is 35.5. The molecular weight excluding hydrogens is 292 g/mol. The molecule has 3 aromatic heterocycles. The van der Waals surface area contributed by atoms with Crippen LogP contribution in [0.15, 0.2) is 24.5 Å². The van der Waals surface area contributed by atoms with E-state index in [4.69, 9.17) is 11.6 Å². The maximum absolute atomic E-state index is 12.7. The standard InChI is InChI=1S/C15H11ClN2OS/c16-10-4-5-17-15-13(10)9(7-18-15)14(19)12-6-8-2-1-3-11(8)20-12/h4-7H,1-3H2,(H,17,18). The molecule has 3 aromatic rings. The zero-order valence-corrected chi connectivity index (χ0v) is 12.1. The van der Waals surface area contributed by atoms with Gasteiger partial charge in [-0.3, -0.25) is 4.79 Å². The summed E-state index contributed by atoms with van der Waals surface area (Å²) in [5.41, 5.74) is 2.60. The second-order valence-electron chi connectivity index (χ2n) is 4.96. The molecule has 0 aliphatic heterocycles. The lowest BCUT2D eigenvalue weighted by Gasteiger charge is -1.98. The van der Waals surface area contributed by atoms with Crippen molar-refractivity contribution in [3.05, 3.63) is 50.4 Å². The molecule has 0 unspecified atom stereocenters. The van der Waals surface area contributed by atoms with Crippen LogP contribution in [-0.4, -0.2) is 15.8 Å². The molecule has 0 spiro atoms. The number of nitrogens with one attached hydrogen (secondary N) is 1. The fourth-order valence-electron chi connectivity index (χ4n) is 2.77. The van der Waals surface area contributed by atoms with Crippen molar-refractivity contribution in [2.24, 2.45) is 0 Å². The Morgan fingerprint density at radius 2 is 2.30 bits per heavy atom. The van der Waals surface area contributed by atoms with Crippen LogP contribution >= 0.6 is 22.9 Å². The quantitative estimate of drug-likeness (QED) is 0.727. The zero-order valence-electron chi connectivity index (χ0n) is 10.6. The molecule has 20 heavy (non-hydrogen) atoms. The predicted molar refractivity (Wildman–Crippen MR) is 80.9 cm³/mol. The third-order valence-corrected chi connectivity index (χ3v) is 5.29. The number of H-pyrrole nitrogens is 1. The number of pyridine rings is 1. The molecule has 3 nitrogen and oxygen atoms in total. The summed E-state index contributed by atoms with van der Waals surface area (Å²) < 4.78 is 0. The van der Waals surface area contributed by atoms with Gasteiger partial charge >= 0.3 is 0 Å². The lowest BCUT2D eigenvalue weighted by molar-refractivity contribution is 0.104. The van der Waals surface area contributed by atoms with E-state index in [9.17, 15) is 4.79 Å². The van der Waals surface area contributed by atoms with Crippen LogP contribution in [0.25, 0.3) is 11.0 Å². The number of nitrogens with zero attached hydrogens (tertiary/aromatic N) is 1. The Labute approximate surface area is 124 Å². The number of aromatic nitrogens is 2. The van der Waals surface area contributed by atoms with Gasteiger partial charge in [-0.15, -0.1) is 11.3 Å². The zero-order chi connectivity index (χ0) is 13.7. The van der Waals surface area contributed by atoms with E-state index in [-0.39, 0.29) is 5.78 Å². The van der Waals surface area contributed by atoms with E-state index in [1.807, 2.05) is 6.07 Å². The molecule has 5 heteroatoms. The average molecular weight is 303 g/mol. The molecule has 100 valence electrons. The Morgan fingerprint density at radius 1 is 1.40 bits per heavy atom. The molecular formula is C15H11ClN2OS. The molecule has 0 fully saturated rings. The van der Waals surface area contributed by atoms with Crippen LogP contribution in [0, 0.1) is 0 Å². The van der Waals surface area contributed by atoms with Crippen molar-refractivity contribution in [2.45, 2.75) is 19.3 Å². The summed E-state index contributed by atoms with van der Waals surface area (Å²) in [6, 6.07) is 3.75. The van der Waals surface area contributed by atoms with Crippen molar-refractivity contribution >= 4 is 39.8 Å². The summed E-state index contributed by atoms with van der Waals surface area (Å²) >= 11 is 7.82. The first kappa shape index (κ1) is 12.1. The second kappa shape index (κ2) is 4.43. The van der Waals surface area contributed by atoms with E-state index < -0.39 is 0 Å². The molecule has 0 saturated carbocycles. The van der Waals surface area contributed by atoms with E-state index in [0.29, 0.717) is 21.6 Å². The fraction of sp³-hybridized carbons (Fsp3) is 0.200. The van der Waals surface area contributed by atoms with E-state index in [0.717, 1.165) is 17.7 Å². The number of halogens is 1. The number of ketones is 1. The minimum atomic E-state index is 0.0329. The first-order valence-electron chi connectivity index (χ1n) is 6.52. The van der Waals surface area contributed by atoms with Crippen LogP contribution in [0.3, 0.4) is 0 Å². The highest BCUT2D eigenvalue weighted by Gasteiger charge is 2.22. The van der Waals surface area contributed by atoms with Crippen molar-refractivity contribution in [1.82, 2.24) is 9.97 Å². The van der Waals surface area contributed by atoms with Crippen LogP contribution in [-0.2, 0) is 12.8 Å². The third kappa shape index (κ3) is 1.72. The van der Waals surface area contributed by atoms with Crippen molar-refractivity contribution in [1.29, 1.82) is 0 Å². The lowest BCUT2D eigenvalue weighted by atomic mass is 10.1. The van der Waals surface area contributed by atoms with Gasteiger partial charge in [-0.2, -0.15) is 0 Å². The number of aryl methyl sites for hydroxylation is 2. The van der Waals surface area contributed by atoms with Gasteiger partial charge in [-0.05, 0) is 37.0 Å². The van der Waals surface area contributed by atoms with E-state index in [1.54, 1.807) is 29.8 Å². The van der Waals surface area contributed by atoms with E-state index in [2.05, 4.69) is 9.97 Å². The molecule has 0 saturated heterocycles. The van der Waals surface area contributed by atoms with Gasteiger partial charge in [0.05, 0.1) is 15.5 Å². The summed E-state index contributed by atoms with van der Waals surface area (Å²) in [6.45, 7) is 0. The van der Waals surface area contributed by atoms with Gasteiger partial charge in [0.15, 0.2) is 0 Å². The van der Waals surface area contributed by atoms with Crippen LogP contribution < -0.4 is 0 Å². The molecule has 3 heterocycles. The minimum absolute atomic E-state index is 0.0329. The van der Waals surface area contributed by atoms with Crippen molar-refractivity contribution < 1.29 is 4.79 Å². The Bertz CT molecular complexity index is 812. The van der Waals surface area contributed by atoms with Crippen molar-refractivity contribution in [3.8, 4) is 0 Å². The molecule has 1 aliphatic rings. The van der Waals surface area contributed by atoms with Crippen LogP contribution in [0.5, 0.6) is 0 Å². The second-order valence-corrected chi connectivity index (χ2v) is 6.50. The Morgan fingerprint density at radius 3 is 3.15 bits per heavy atom. The average Bonchev–Trinajstić information content (AvgIpc) is 3.11. The number of carbonyl (C=O) groups excluding carboxylic acids is 1. The number of hydrogen-bond donors (Lipinski definition) is 1. The van der Waals surface area contributed by atoms with Crippen molar-refractivity contribution in [3.63, 3.8) is 0 Å². The predicted octanol–water partition coefficient (Wildman–Crippen LogP) is 4.00. The van der Waals surface area contributed by atoms with Crippen molar-refractivity contribution in [2.75, 3.05) is 0 Å². The number of thiophene rings is 1. The number of fused-ring (bicyclic) bond motifs is 2. The van der Waals surface area contributed by atoms with Gasteiger partial charge in [-0.1, -0.05) is 11.6 Å². The Balaban J connectivity index is 1.84. The molecule has 0 atom stereocenters. The number of rotatable bonds is 2. The number of hydrogen-bond acceptors (Lipinski definition) is 3. The highest BCUT2D eigenvalue weighted by molar-refractivity contribution is 7.14. The van der Waals surface area contributed by atoms with E-state index in [1.165, 1.54) is 16.9 Å². The smallest absolute Gasteiger partial charge is 0.205 e. The van der Waals surface area contributed by atoms with Gasteiger partial charge in [0, 0.05) is 22.7 Å². The summed E-state index contributed by atoms with van der Waals surface area (Å²) in [6.07, 6.45) is 6.74. The first-order chi connectivity index (χ1) is 9.74. The summed E-state index contributed by atoms with van der Waals surface area (Å²) in [5, 5.41) is 1.27. The van der Waals surface area contributed by atoms with Crippen LogP contribution in [0.1, 0.15) is 32.1 Å². The third-order valence-electron chi connectivity index (χ3n) is 3.74. The minimum Gasteiger partial charge on any atom is -0.345 e. The highest BCUT2D eigenvalue weighted by Crippen LogP contribution is 2.33. The van der Waals surface area contributed by atoms with Gasteiger partial charge in [0.2, 0.25) is 5.78 Å². The number of aromatic amines is 1. The summed E-state index contributed by atoms with van der Waals surface area (Å²) in [7, 11) is 0. The molecule has 0 radical (unpaired) electrons. The largest absolute Gasteiger partial charge is 0.345 e. The molecule has 4 rings (SSSR count). The molecule has 1 N–H and O–H groups in total. The molecule has 0 aromatic carbocycles. The molecule has 0 bridgehead atoms. The van der Waals surface area contributed by atoms with E-state index >= 15 is 0 Å². The molecule has 1 aliphatic carbocycles. The lowest BCUT2D eigenvalue weighted by Crippen LogP contribution is -1.97. The maximum atomic E-state index is 12.7. The topological polar surface area (TPSA) is 45.8 Å². The van der Waals surface area contributed by atoms with Gasteiger partial charge in [-0.25, -0.2) is 4.98 Å². The first-order valence-corrected chi connectivity index (χ1v) is 7.71. The normalized spacial score (nSPS) is 13.8. The SMILES string of the molecule is O=C(c1cc2c(s1)CCC2)c1c[nH]c2nccc(Cl)c12. The summed E-state index contributed by atoms with van der Waals surface area (Å²) in [4.78, 5) is 22.1.